The molecule has 2 atom stereocenters. The highest BCUT2D eigenvalue weighted by atomic mass is 16.6. The number of aromatic amines is 1. The molecule has 1 aromatic heterocycles. The molecule has 0 saturated carbocycles. The lowest BCUT2D eigenvalue weighted by Crippen LogP contribution is -2.45. The summed E-state index contributed by atoms with van der Waals surface area (Å²) >= 11 is 0. The Kier molecular flexibility index (Phi) is 12.5. The Morgan fingerprint density at radius 2 is 1.86 bits per heavy atom. The summed E-state index contributed by atoms with van der Waals surface area (Å²) in [4.78, 5) is 75.1. The number of anilines is 1. The predicted octanol–water partition coefficient (Wildman–Crippen LogP) is 2.50. The van der Waals surface area contributed by atoms with Crippen LogP contribution in [0.2, 0.25) is 0 Å². The molecule has 0 bridgehead atoms. The zero-order valence-electron chi connectivity index (χ0n) is 28.4. The second-order valence-electron chi connectivity index (χ2n) is 12.8. The van der Waals surface area contributed by atoms with Gasteiger partial charge in [0.1, 0.15) is 17.5 Å². The maximum Gasteiger partial charge on any atom is 0.308 e. The van der Waals surface area contributed by atoms with Gasteiger partial charge in [-0.15, -0.1) is 0 Å². The molecule has 1 aliphatic heterocycles. The van der Waals surface area contributed by atoms with Crippen molar-refractivity contribution < 1.29 is 33.4 Å². The highest BCUT2D eigenvalue weighted by molar-refractivity contribution is 5.96. The van der Waals surface area contributed by atoms with Crippen molar-refractivity contribution in [2.45, 2.75) is 77.4 Å². The molecular weight excluding hydrogens is 630 g/mol. The van der Waals surface area contributed by atoms with Crippen molar-refractivity contribution in [2.75, 3.05) is 25.5 Å². The number of fused-ring (bicyclic) bond motifs is 1. The number of hydrogen-bond donors (Lipinski definition) is 4. The zero-order valence-corrected chi connectivity index (χ0v) is 28.4. The quantitative estimate of drug-likeness (QED) is 0.146. The number of carbonyl (C=O) groups excluding carboxylic acids is 5. The van der Waals surface area contributed by atoms with Crippen LogP contribution in [0.4, 0.5) is 5.69 Å². The third-order valence-electron chi connectivity index (χ3n) is 7.70. The SMILES string of the molecule is COC(=O)C[C@@H]1Nc2ccc(C(=O)N(Cc3ccccc3)Cc3ncc[nH]3)cc2CN(CCCNC(=O)[C@@H](N)CC(=O)OC(C)(C)C)C1=O. The number of nitrogens with one attached hydrogen (secondary N) is 3. The van der Waals surface area contributed by atoms with Gasteiger partial charge in [0.15, 0.2) is 0 Å². The zero-order chi connectivity index (χ0) is 35.6. The minimum Gasteiger partial charge on any atom is -0.469 e. The third kappa shape index (κ3) is 10.9. The average Bonchev–Trinajstić information content (AvgIpc) is 3.53. The fourth-order valence-corrected chi connectivity index (χ4v) is 5.35. The van der Waals surface area contributed by atoms with Gasteiger partial charge in [0.2, 0.25) is 11.8 Å². The molecule has 3 aromatic rings. The van der Waals surface area contributed by atoms with Crippen LogP contribution < -0.4 is 16.4 Å². The number of H-pyrrole nitrogens is 1. The Bertz CT molecular complexity index is 1610. The molecule has 0 spiro atoms. The minimum absolute atomic E-state index is 0.156. The Labute approximate surface area is 285 Å². The molecule has 0 radical (unpaired) electrons. The number of methoxy groups -OCH3 is 1. The highest BCUT2D eigenvalue weighted by Gasteiger charge is 2.32. The fourth-order valence-electron chi connectivity index (χ4n) is 5.35. The Morgan fingerprint density at radius 3 is 2.53 bits per heavy atom. The van der Waals surface area contributed by atoms with Gasteiger partial charge >= 0.3 is 11.9 Å². The van der Waals surface area contributed by atoms with E-state index < -0.39 is 35.5 Å². The van der Waals surface area contributed by atoms with Crippen LogP contribution in [0.3, 0.4) is 0 Å². The number of hydrogen-bond acceptors (Lipinski definition) is 10. The molecule has 0 aliphatic carbocycles. The summed E-state index contributed by atoms with van der Waals surface area (Å²) in [5.41, 5.74) is 7.90. The molecule has 4 rings (SSSR count). The molecule has 49 heavy (non-hydrogen) atoms. The maximum atomic E-state index is 13.9. The maximum absolute atomic E-state index is 13.9. The summed E-state index contributed by atoms with van der Waals surface area (Å²) in [5, 5.41) is 5.88. The Morgan fingerprint density at radius 1 is 1.10 bits per heavy atom. The third-order valence-corrected chi connectivity index (χ3v) is 7.70. The van der Waals surface area contributed by atoms with Crippen molar-refractivity contribution in [1.82, 2.24) is 25.1 Å². The average molecular weight is 676 g/mol. The molecule has 3 amide bonds. The first kappa shape index (κ1) is 36.6. The van der Waals surface area contributed by atoms with E-state index in [1.54, 1.807) is 61.2 Å². The predicted molar refractivity (Wildman–Crippen MR) is 181 cm³/mol. The molecule has 2 aromatic carbocycles. The lowest BCUT2D eigenvalue weighted by Gasteiger charge is -2.24. The van der Waals surface area contributed by atoms with Crippen LogP contribution in [0.5, 0.6) is 0 Å². The second kappa shape index (κ2) is 16.7. The number of imidazole rings is 1. The van der Waals surface area contributed by atoms with Gasteiger partial charge in [0.05, 0.1) is 32.5 Å². The van der Waals surface area contributed by atoms with Crippen LogP contribution in [0.25, 0.3) is 0 Å². The van der Waals surface area contributed by atoms with E-state index in [2.05, 4.69) is 20.6 Å². The van der Waals surface area contributed by atoms with E-state index in [-0.39, 0.29) is 50.8 Å². The van der Waals surface area contributed by atoms with Gasteiger partial charge in [-0.05, 0) is 56.5 Å². The van der Waals surface area contributed by atoms with Crippen LogP contribution in [-0.2, 0) is 48.3 Å². The van der Waals surface area contributed by atoms with Crippen molar-refractivity contribution in [3.63, 3.8) is 0 Å². The van der Waals surface area contributed by atoms with Crippen molar-refractivity contribution in [1.29, 1.82) is 0 Å². The Hall–Kier alpha value is -5.24. The Balaban J connectivity index is 1.48. The van der Waals surface area contributed by atoms with Gasteiger partial charge in [0.25, 0.3) is 5.91 Å². The molecule has 262 valence electrons. The van der Waals surface area contributed by atoms with E-state index in [0.29, 0.717) is 35.6 Å². The first-order valence-electron chi connectivity index (χ1n) is 16.1. The van der Waals surface area contributed by atoms with Crippen LogP contribution in [-0.4, -0.2) is 87.3 Å². The molecule has 0 unspecified atom stereocenters. The summed E-state index contributed by atoms with van der Waals surface area (Å²) in [6.45, 7) is 6.37. The summed E-state index contributed by atoms with van der Waals surface area (Å²) < 4.78 is 10.1. The lowest BCUT2D eigenvalue weighted by molar-refractivity contribution is -0.156. The monoisotopic (exact) mass is 675 g/mol. The van der Waals surface area contributed by atoms with E-state index in [0.717, 1.165) is 5.56 Å². The normalized spacial score (nSPS) is 14.9. The van der Waals surface area contributed by atoms with Gasteiger partial charge in [-0.2, -0.15) is 0 Å². The second-order valence-corrected chi connectivity index (χ2v) is 12.8. The van der Waals surface area contributed by atoms with Crippen LogP contribution in [0, 0.1) is 0 Å². The van der Waals surface area contributed by atoms with E-state index in [9.17, 15) is 24.0 Å². The number of amides is 3. The highest BCUT2D eigenvalue weighted by Crippen LogP contribution is 2.27. The van der Waals surface area contributed by atoms with Gasteiger partial charge in [-0.25, -0.2) is 4.98 Å². The van der Waals surface area contributed by atoms with Gasteiger partial charge < -0.3 is 40.6 Å². The number of nitrogens with zero attached hydrogens (tertiary/aromatic N) is 3. The molecule has 0 fully saturated rings. The van der Waals surface area contributed by atoms with Gasteiger partial charge in [-0.1, -0.05) is 30.3 Å². The van der Waals surface area contributed by atoms with Crippen LogP contribution >= 0.6 is 0 Å². The smallest absolute Gasteiger partial charge is 0.308 e. The number of nitrogens with two attached hydrogens (primary N) is 1. The standard InChI is InChI=1S/C35H45N7O7/c1-35(2,3)49-31(44)18-26(36)32(45)39-13-8-16-41-21-25-17-24(11-12-27(25)40-28(34(41)47)19-30(43)48-4)33(46)42(22-29-37-14-15-38-29)20-23-9-6-5-7-10-23/h5-7,9-12,14-15,17,26,28,40H,8,13,16,18-22,36H2,1-4H3,(H,37,38)(H,39,45)/t26-,28-/m0/s1. The number of carbonyl (C=O) groups is 5. The topological polar surface area (TPSA) is 189 Å². The van der Waals surface area contributed by atoms with Crippen molar-refractivity contribution >= 4 is 35.3 Å². The molecule has 1 aliphatic rings. The molecule has 0 saturated heterocycles. The van der Waals surface area contributed by atoms with E-state index in [1.165, 1.54) is 7.11 Å². The molecule has 14 nitrogen and oxygen atoms in total. The molecule has 2 heterocycles. The first-order chi connectivity index (χ1) is 23.3. The summed E-state index contributed by atoms with van der Waals surface area (Å²) in [6, 6.07) is 12.8. The van der Waals surface area contributed by atoms with Crippen molar-refractivity contribution in [3.05, 3.63) is 83.4 Å². The van der Waals surface area contributed by atoms with Crippen LogP contribution in [0.15, 0.2) is 60.9 Å². The summed E-state index contributed by atoms with van der Waals surface area (Å²) in [5.74, 6) is -1.55. The molecule has 5 N–H and O–H groups in total. The molecule has 14 heteroatoms. The first-order valence-corrected chi connectivity index (χ1v) is 16.1. The number of aromatic nitrogens is 2. The minimum atomic E-state index is -1.08. The van der Waals surface area contributed by atoms with Crippen molar-refractivity contribution in [3.8, 4) is 0 Å². The largest absolute Gasteiger partial charge is 0.469 e. The number of benzene rings is 2. The summed E-state index contributed by atoms with van der Waals surface area (Å²) in [7, 11) is 1.26. The molecular formula is C35H45N7O7. The number of ether oxygens (including phenoxy) is 2. The van der Waals surface area contributed by atoms with Gasteiger partial charge in [-0.3, -0.25) is 24.0 Å². The van der Waals surface area contributed by atoms with Gasteiger partial charge in [0, 0.05) is 49.8 Å². The van der Waals surface area contributed by atoms with E-state index in [1.807, 2.05) is 30.3 Å². The number of rotatable bonds is 14. The van der Waals surface area contributed by atoms with Crippen LogP contribution in [0.1, 0.15) is 67.3 Å². The fraction of sp³-hybridized carbons (Fsp3) is 0.429. The lowest BCUT2D eigenvalue weighted by atomic mass is 10.1. The summed E-state index contributed by atoms with van der Waals surface area (Å²) in [6.07, 6.45) is 3.24. The number of esters is 2. The van der Waals surface area contributed by atoms with Crippen molar-refractivity contribution in [2.24, 2.45) is 5.73 Å². The van der Waals surface area contributed by atoms with E-state index in [4.69, 9.17) is 15.2 Å². The van der Waals surface area contributed by atoms with E-state index >= 15 is 0 Å².